The number of methoxy groups -OCH3 is 2. The number of ether oxygens (including phenoxy) is 2. The maximum atomic E-state index is 6.28. The third kappa shape index (κ3) is 2.16. The molecule has 0 aliphatic carbocycles. The van der Waals surface area contributed by atoms with Gasteiger partial charge in [0.25, 0.3) is 0 Å². The van der Waals surface area contributed by atoms with Gasteiger partial charge >= 0.3 is 0 Å². The molecular formula is C12H15N3O2S. The van der Waals surface area contributed by atoms with Gasteiger partial charge in [0, 0.05) is 0 Å². The predicted octanol–water partition coefficient (Wildman–Crippen LogP) is 1.91. The van der Waals surface area contributed by atoms with Crippen molar-refractivity contribution in [3.05, 3.63) is 34.3 Å². The van der Waals surface area contributed by atoms with Gasteiger partial charge in [-0.05, 0) is 30.6 Å². The number of hydrogen-bond donors (Lipinski definition) is 1. The van der Waals surface area contributed by atoms with Crippen LogP contribution in [0.1, 0.15) is 22.2 Å². The van der Waals surface area contributed by atoms with Crippen molar-refractivity contribution < 1.29 is 9.47 Å². The Morgan fingerprint density at radius 2 is 1.83 bits per heavy atom. The van der Waals surface area contributed by atoms with Gasteiger partial charge in [-0.15, -0.1) is 5.10 Å². The molecule has 0 fully saturated rings. The zero-order valence-corrected chi connectivity index (χ0v) is 11.3. The SMILES string of the molecule is COc1cccc(OC)c1C(N)c1snnc1C. The van der Waals surface area contributed by atoms with Crippen molar-refractivity contribution in [2.24, 2.45) is 5.73 Å². The Morgan fingerprint density at radius 1 is 1.22 bits per heavy atom. The molecule has 1 aromatic carbocycles. The van der Waals surface area contributed by atoms with Gasteiger partial charge in [-0.25, -0.2) is 0 Å². The van der Waals surface area contributed by atoms with Crippen LogP contribution in [-0.4, -0.2) is 23.8 Å². The molecule has 2 aromatic rings. The lowest BCUT2D eigenvalue weighted by atomic mass is 10.0. The second kappa shape index (κ2) is 5.32. The summed E-state index contributed by atoms with van der Waals surface area (Å²) in [6, 6.07) is 5.24. The number of aromatic nitrogens is 2. The van der Waals surface area contributed by atoms with Gasteiger partial charge in [-0.3, -0.25) is 0 Å². The Labute approximate surface area is 110 Å². The topological polar surface area (TPSA) is 70.3 Å². The summed E-state index contributed by atoms with van der Waals surface area (Å²) in [6.07, 6.45) is 0. The maximum absolute atomic E-state index is 6.28. The van der Waals surface area contributed by atoms with Crippen LogP contribution in [0.2, 0.25) is 0 Å². The van der Waals surface area contributed by atoms with E-state index in [2.05, 4.69) is 9.59 Å². The summed E-state index contributed by atoms with van der Waals surface area (Å²) in [4.78, 5) is 0.915. The lowest BCUT2D eigenvalue weighted by molar-refractivity contribution is 0.382. The highest BCUT2D eigenvalue weighted by Gasteiger charge is 2.22. The normalized spacial score (nSPS) is 12.2. The predicted molar refractivity (Wildman–Crippen MR) is 70.2 cm³/mol. The van der Waals surface area contributed by atoms with E-state index in [1.807, 2.05) is 25.1 Å². The minimum atomic E-state index is -0.351. The van der Waals surface area contributed by atoms with Crippen LogP contribution in [-0.2, 0) is 0 Å². The van der Waals surface area contributed by atoms with Crippen LogP contribution in [0.15, 0.2) is 18.2 Å². The first-order valence-electron chi connectivity index (χ1n) is 5.44. The number of nitrogens with two attached hydrogens (primary N) is 1. The van der Waals surface area contributed by atoms with Crippen molar-refractivity contribution in [2.45, 2.75) is 13.0 Å². The molecule has 0 saturated carbocycles. The molecule has 1 atom stereocenters. The number of nitrogens with zero attached hydrogens (tertiary/aromatic N) is 2. The molecule has 5 nitrogen and oxygen atoms in total. The summed E-state index contributed by atoms with van der Waals surface area (Å²) in [7, 11) is 3.23. The highest BCUT2D eigenvalue weighted by molar-refractivity contribution is 7.05. The van der Waals surface area contributed by atoms with Crippen LogP contribution in [0.3, 0.4) is 0 Å². The lowest BCUT2D eigenvalue weighted by Gasteiger charge is -2.17. The molecule has 6 heteroatoms. The van der Waals surface area contributed by atoms with E-state index in [4.69, 9.17) is 15.2 Å². The largest absolute Gasteiger partial charge is 0.496 e. The summed E-state index contributed by atoms with van der Waals surface area (Å²) < 4.78 is 14.6. The van der Waals surface area contributed by atoms with E-state index in [0.29, 0.717) is 11.5 Å². The van der Waals surface area contributed by atoms with Crippen LogP contribution >= 0.6 is 11.5 Å². The number of hydrogen-bond acceptors (Lipinski definition) is 6. The zero-order chi connectivity index (χ0) is 13.1. The molecule has 0 radical (unpaired) electrons. The summed E-state index contributed by atoms with van der Waals surface area (Å²) in [5.41, 5.74) is 7.93. The van der Waals surface area contributed by atoms with Crippen LogP contribution in [0.4, 0.5) is 0 Å². The Bertz CT molecular complexity index is 520. The fraction of sp³-hybridized carbons (Fsp3) is 0.333. The van der Waals surface area contributed by atoms with Crippen molar-refractivity contribution in [2.75, 3.05) is 14.2 Å². The zero-order valence-electron chi connectivity index (χ0n) is 10.5. The molecule has 1 heterocycles. The van der Waals surface area contributed by atoms with Crippen LogP contribution < -0.4 is 15.2 Å². The van der Waals surface area contributed by atoms with Gasteiger partial charge < -0.3 is 15.2 Å². The highest BCUT2D eigenvalue weighted by atomic mass is 32.1. The minimum absolute atomic E-state index is 0.351. The van der Waals surface area contributed by atoms with Gasteiger partial charge in [0.1, 0.15) is 11.5 Å². The molecule has 1 unspecified atom stereocenters. The van der Waals surface area contributed by atoms with E-state index in [1.54, 1.807) is 14.2 Å². The van der Waals surface area contributed by atoms with Crippen LogP contribution in [0.5, 0.6) is 11.5 Å². The van der Waals surface area contributed by atoms with E-state index in [0.717, 1.165) is 16.1 Å². The van der Waals surface area contributed by atoms with Crippen molar-refractivity contribution in [1.82, 2.24) is 9.59 Å². The smallest absolute Gasteiger partial charge is 0.127 e. The van der Waals surface area contributed by atoms with Gasteiger partial charge in [-0.2, -0.15) is 0 Å². The Hall–Kier alpha value is -1.66. The molecule has 96 valence electrons. The monoisotopic (exact) mass is 265 g/mol. The Kier molecular flexibility index (Phi) is 3.78. The molecule has 0 saturated heterocycles. The average molecular weight is 265 g/mol. The van der Waals surface area contributed by atoms with E-state index < -0.39 is 0 Å². The summed E-state index contributed by atoms with van der Waals surface area (Å²) >= 11 is 1.29. The van der Waals surface area contributed by atoms with Gasteiger partial charge in [0.05, 0.1) is 36.4 Å². The van der Waals surface area contributed by atoms with Crippen molar-refractivity contribution in [1.29, 1.82) is 0 Å². The van der Waals surface area contributed by atoms with Gasteiger partial charge in [0.2, 0.25) is 0 Å². The molecule has 0 spiro atoms. The number of aryl methyl sites for hydroxylation is 1. The lowest BCUT2D eigenvalue weighted by Crippen LogP contribution is -2.14. The van der Waals surface area contributed by atoms with E-state index in [-0.39, 0.29) is 6.04 Å². The fourth-order valence-electron chi connectivity index (χ4n) is 1.84. The quantitative estimate of drug-likeness (QED) is 0.914. The number of benzene rings is 1. The Morgan fingerprint density at radius 3 is 2.28 bits per heavy atom. The molecule has 0 bridgehead atoms. The maximum Gasteiger partial charge on any atom is 0.127 e. The second-order valence-electron chi connectivity index (χ2n) is 3.78. The first-order valence-corrected chi connectivity index (χ1v) is 6.21. The molecule has 2 rings (SSSR count). The minimum Gasteiger partial charge on any atom is -0.496 e. The Balaban J connectivity index is 2.52. The van der Waals surface area contributed by atoms with E-state index in [9.17, 15) is 0 Å². The summed E-state index contributed by atoms with van der Waals surface area (Å²) in [5.74, 6) is 1.41. The summed E-state index contributed by atoms with van der Waals surface area (Å²) in [6.45, 7) is 1.89. The van der Waals surface area contributed by atoms with Crippen LogP contribution in [0, 0.1) is 6.92 Å². The average Bonchev–Trinajstić information content (AvgIpc) is 2.83. The first kappa shape index (κ1) is 12.8. The van der Waals surface area contributed by atoms with Gasteiger partial charge in [0.15, 0.2) is 0 Å². The molecule has 0 aliphatic heterocycles. The van der Waals surface area contributed by atoms with Crippen molar-refractivity contribution in [3.63, 3.8) is 0 Å². The molecule has 1 aromatic heterocycles. The van der Waals surface area contributed by atoms with Gasteiger partial charge in [-0.1, -0.05) is 10.6 Å². The standard InChI is InChI=1S/C12H15N3O2S/c1-7-12(18-15-14-7)11(13)10-8(16-2)5-4-6-9(10)17-3/h4-6,11H,13H2,1-3H3. The fourth-order valence-corrected chi connectivity index (χ4v) is 2.50. The first-order chi connectivity index (χ1) is 8.69. The molecule has 2 N–H and O–H groups in total. The third-order valence-corrected chi connectivity index (χ3v) is 3.66. The summed E-state index contributed by atoms with van der Waals surface area (Å²) in [5, 5.41) is 3.98. The number of rotatable bonds is 4. The second-order valence-corrected chi connectivity index (χ2v) is 4.56. The van der Waals surface area contributed by atoms with E-state index >= 15 is 0 Å². The molecule has 0 aliphatic rings. The molecule has 0 amide bonds. The molecular weight excluding hydrogens is 250 g/mol. The van der Waals surface area contributed by atoms with Crippen molar-refractivity contribution >= 4 is 11.5 Å². The molecule has 18 heavy (non-hydrogen) atoms. The van der Waals surface area contributed by atoms with E-state index in [1.165, 1.54) is 11.5 Å². The van der Waals surface area contributed by atoms with Crippen LogP contribution in [0.25, 0.3) is 0 Å². The third-order valence-electron chi connectivity index (χ3n) is 2.75. The highest BCUT2D eigenvalue weighted by Crippen LogP contribution is 2.37. The van der Waals surface area contributed by atoms with Crippen molar-refractivity contribution in [3.8, 4) is 11.5 Å².